The maximum absolute atomic E-state index is 12.6. The minimum atomic E-state index is -0.790. The molecule has 1 aliphatic heterocycles. The summed E-state index contributed by atoms with van der Waals surface area (Å²) in [5, 5.41) is 3.90. The Hall–Kier alpha value is -1.59. The quantitative estimate of drug-likeness (QED) is 0.776. The van der Waals surface area contributed by atoms with Gasteiger partial charge in [-0.3, -0.25) is 19.3 Å². The molecule has 3 atom stereocenters. The van der Waals surface area contributed by atoms with E-state index in [1.807, 2.05) is 6.07 Å². The highest BCUT2D eigenvalue weighted by Crippen LogP contribution is 2.38. The molecule has 1 heterocycles. The lowest BCUT2D eigenvalue weighted by Gasteiger charge is -2.22. The fourth-order valence-electron chi connectivity index (χ4n) is 3.88. The van der Waals surface area contributed by atoms with Crippen LogP contribution < -0.4 is 5.32 Å². The van der Waals surface area contributed by atoms with E-state index in [9.17, 15) is 14.4 Å². The first kappa shape index (κ1) is 19.2. The number of carbonyl (C=O) groups excluding carboxylic acids is 3. The first-order valence-corrected chi connectivity index (χ1v) is 9.74. The van der Waals surface area contributed by atoms with Crippen molar-refractivity contribution in [2.75, 3.05) is 6.54 Å². The maximum atomic E-state index is 12.6. The summed E-state index contributed by atoms with van der Waals surface area (Å²) in [6.07, 6.45) is 3.97. The second-order valence-corrected chi connectivity index (χ2v) is 7.84. The number of hydrogen-bond donors (Lipinski definition) is 1. The topological polar surface area (TPSA) is 66.5 Å². The Labute approximate surface area is 163 Å². The van der Waals surface area contributed by atoms with Gasteiger partial charge in [0, 0.05) is 16.6 Å². The number of halogens is 2. The molecule has 1 saturated carbocycles. The van der Waals surface area contributed by atoms with Crippen LogP contribution in [-0.4, -0.2) is 35.2 Å². The molecule has 2 aliphatic rings. The largest absolute Gasteiger partial charge is 0.354 e. The van der Waals surface area contributed by atoms with Crippen molar-refractivity contribution in [1.82, 2.24) is 10.2 Å². The molecule has 1 aliphatic carbocycles. The highest BCUT2D eigenvalue weighted by Gasteiger charge is 2.50. The molecule has 2 fully saturated rings. The van der Waals surface area contributed by atoms with Crippen molar-refractivity contribution < 1.29 is 14.4 Å². The summed E-state index contributed by atoms with van der Waals surface area (Å²) in [4.78, 5) is 38.7. The molecule has 0 radical (unpaired) electrons. The monoisotopic (exact) mass is 396 g/mol. The van der Waals surface area contributed by atoms with Gasteiger partial charge in [-0.15, -0.1) is 0 Å². The molecule has 26 heavy (non-hydrogen) atoms. The van der Waals surface area contributed by atoms with Gasteiger partial charge in [0.1, 0.15) is 6.04 Å². The van der Waals surface area contributed by atoms with Gasteiger partial charge >= 0.3 is 0 Å². The Morgan fingerprint density at radius 3 is 2.38 bits per heavy atom. The van der Waals surface area contributed by atoms with Gasteiger partial charge in [0.25, 0.3) is 0 Å². The molecule has 0 aromatic heterocycles. The number of amides is 3. The molecule has 1 N–H and O–H groups in total. The molecule has 1 aromatic rings. The molecule has 0 spiro atoms. The van der Waals surface area contributed by atoms with Crippen LogP contribution in [0.15, 0.2) is 18.2 Å². The minimum Gasteiger partial charge on any atom is -0.354 e. The summed E-state index contributed by atoms with van der Waals surface area (Å²) in [5.41, 5.74) is 0.878. The van der Waals surface area contributed by atoms with Crippen LogP contribution in [0.3, 0.4) is 0 Å². The van der Waals surface area contributed by atoms with Crippen LogP contribution in [0.25, 0.3) is 0 Å². The van der Waals surface area contributed by atoms with E-state index in [1.165, 1.54) is 4.90 Å². The van der Waals surface area contributed by atoms with Gasteiger partial charge in [-0.2, -0.15) is 0 Å². The predicted molar refractivity (Wildman–Crippen MR) is 99.9 cm³/mol. The van der Waals surface area contributed by atoms with Gasteiger partial charge in [0.2, 0.25) is 17.7 Å². The third-order valence-corrected chi connectivity index (χ3v) is 5.94. The van der Waals surface area contributed by atoms with E-state index in [2.05, 4.69) is 5.32 Å². The van der Waals surface area contributed by atoms with E-state index < -0.39 is 6.04 Å². The first-order valence-electron chi connectivity index (χ1n) is 8.98. The summed E-state index contributed by atoms with van der Waals surface area (Å²) in [6.45, 7) is 1.98. The van der Waals surface area contributed by atoms with E-state index >= 15 is 0 Å². The van der Waals surface area contributed by atoms with Crippen LogP contribution in [0.4, 0.5) is 0 Å². The fourth-order valence-corrected chi connectivity index (χ4v) is 4.38. The molecule has 1 saturated heterocycles. The Morgan fingerprint density at radius 1 is 1.19 bits per heavy atom. The van der Waals surface area contributed by atoms with Crippen molar-refractivity contribution in [3.63, 3.8) is 0 Å². The summed E-state index contributed by atoms with van der Waals surface area (Å²) in [7, 11) is 0. The number of hydrogen-bond acceptors (Lipinski definition) is 3. The molecule has 0 bridgehead atoms. The van der Waals surface area contributed by atoms with E-state index in [0.717, 1.165) is 31.2 Å². The van der Waals surface area contributed by atoms with Crippen molar-refractivity contribution in [1.29, 1.82) is 0 Å². The molecule has 5 nitrogen and oxygen atoms in total. The van der Waals surface area contributed by atoms with Crippen LogP contribution in [0.1, 0.15) is 38.2 Å². The lowest BCUT2D eigenvalue weighted by molar-refractivity contribution is -0.147. The molecular weight excluding hydrogens is 375 g/mol. The SMILES string of the molecule is CC(C(=O)NCCc1ccc(Cl)cc1Cl)N1C(=O)C2CCCCC2C1=O. The van der Waals surface area contributed by atoms with E-state index in [4.69, 9.17) is 23.2 Å². The van der Waals surface area contributed by atoms with Gasteiger partial charge in [0.15, 0.2) is 0 Å². The molecule has 3 amide bonds. The van der Waals surface area contributed by atoms with Gasteiger partial charge in [-0.1, -0.05) is 42.1 Å². The fraction of sp³-hybridized carbons (Fsp3) is 0.526. The molecule has 140 valence electrons. The summed E-state index contributed by atoms with van der Waals surface area (Å²) in [6, 6.07) is 4.43. The predicted octanol–water partition coefficient (Wildman–Crippen LogP) is 3.22. The maximum Gasteiger partial charge on any atom is 0.243 e. The third-order valence-electron chi connectivity index (χ3n) is 5.35. The summed E-state index contributed by atoms with van der Waals surface area (Å²) >= 11 is 12.0. The van der Waals surface area contributed by atoms with Gasteiger partial charge in [-0.25, -0.2) is 0 Å². The number of likely N-dealkylation sites (tertiary alicyclic amines) is 1. The Bertz CT molecular complexity index is 713. The number of nitrogens with zero attached hydrogens (tertiary/aromatic N) is 1. The molecular formula is C19H22Cl2N2O3. The Balaban J connectivity index is 1.57. The van der Waals surface area contributed by atoms with E-state index in [0.29, 0.717) is 23.0 Å². The van der Waals surface area contributed by atoms with Crippen LogP contribution >= 0.6 is 23.2 Å². The number of fused-ring (bicyclic) bond motifs is 1. The van der Waals surface area contributed by atoms with Gasteiger partial charge in [-0.05, 0) is 43.9 Å². The smallest absolute Gasteiger partial charge is 0.243 e. The van der Waals surface area contributed by atoms with Crippen molar-refractivity contribution in [3.8, 4) is 0 Å². The van der Waals surface area contributed by atoms with Crippen molar-refractivity contribution in [3.05, 3.63) is 33.8 Å². The van der Waals surface area contributed by atoms with Crippen LogP contribution in [0.2, 0.25) is 10.0 Å². The lowest BCUT2D eigenvalue weighted by atomic mass is 9.81. The van der Waals surface area contributed by atoms with Gasteiger partial charge < -0.3 is 5.32 Å². The molecule has 3 unspecified atom stereocenters. The van der Waals surface area contributed by atoms with Crippen molar-refractivity contribution >= 4 is 40.9 Å². The Kier molecular flexibility index (Phi) is 5.88. The minimum absolute atomic E-state index is 0.192. The van der Waals surface area contributed by atoms with Crippen molar-refractivity contribution in [2.45, 2.75) is 45.1 Å². The van der Waals surface area contributed by atoms with Gasteiger partial charge in [0.05, 0.1) is 11.8 Å². The average Bonchev–Trinajstić information content (AvgIpc) is 2.87. The zero-order chi connectivity index (χ0) is 18.8. The highest BCUT2D eigenvalue weighted by molar-refractivity contribution is 6.35. The second kappa shape index (κ2) is 7.97. The second-order valence-electron chi connectivity index (χ2n) is 7.00. The van der Waals surface area contributed by atoms with Crippen LogP contribution in [-0.2, 0) is 20.8 Å². The molecule has 3 rings (SSSR count). The van der Waals surface area contributed by atoms with Crippen LogP contribution in [0, 0.1) is 11.8 Å². The number of benzene rings is 1. The summed E-state index contributed by atoms with van der Waals surface area (Å²) in [5.74, 6) is -1.18. The lowest BCUT2D eigenvalue weighted by Crippen LogP contribution is -2.48. The number of carbonyl (C=O) groups is 3. The zero-order valence-electron chi connectivity index (χ0n) is 14.6. The standard InChI is InChI=1S/C19H22Cl2N2O3/c1-11(23-18(25)14-4-2-3-5-15(14)19(23)26)17(24)22-9-8-12-6-7-13(20)10-16(12)21/h6-7,10-11,14-15H,2-5,8-9H2,1H3,(H,22,24). The molecule has 1 aromatic carbocycles. The average molecular weight is 397 g/mol. The molecule has 7 heteroatoms. The number of imide groups is 1. The van der Waals surface area contributed by atoms with E-state index in [1.54, 1.807) is 19.1 Å². The Morgan fingerprint density at radius 2 is 1.81 bits per heavy atom. The number of nitrogens with one attached hydrogen (secondary N) is 1. The zero-order valence-corrected chi connectivity index (χ0v) is 16.1. The summed E-state index contributed by atoms with van der Waals surface area (Å²) < 4.78 is 0. The number of rotatable bonds is 5. The van der Waals surface area contributed by atoms with Crippen LogP contribution in [0.5, 0.6) is 0 Å². The third kappa shape index (κ3) is 3.74. The van der Waals surface area contributed by atoms with Crippen molar-refractivity contribution in [2.24, 2.45) is 11.8 Å². The first-order chi connectivity index (χ1) is 12.4. The highest BCUT2D eigenvalue weighted by atomic mass is 35.5. The normalized spacial score (nSPS) is 23.7. The van der Waals surface area contributed by atoms with E-state index in [-0.39, 0.29) is 29.6 Å².